The number of carbonyl (C=O) groups excluding carboxylic acids is 2. The second-order valence-corrected chi connectivity index (χ2v) is 9.05. The van der Waals surface area contributed by atoms with Gasteiger partial charge in [-0.1, -0.05) is 60.7 Å². The van der Waals surface area contributed by atoms with Crippen LogP contribution in [0.15, 0.2) is 78.9 Å². The maximum Gasteiger partial charge on any atom is 0.322 e. The van der Waals surface area contributed by atoms with E-state index >= 15 is 0 Å². The number of urea groups is 1. The smallest absolute Gasteiger partial charge is 0.322 e. The summed E-state index contributed by atoms with van der Waals surface area (Å²) in [6, 6.07) is 25.5. The van der Waals surface area contributed by atoms with Gasteiger partial charge in [-0.25, -0.2) is 4.79 Å². The lowest BCUT2D eigenvalue weighted by molar-refractivity contribution is -0.121. The van der Waals surface area contributed by atoms with Gasteiger partial charge in [0.1, 0.15) is 11.5 Å². The van der Waals surface area contributed by atoms with Gasteiger partial charge in [0.15, 0.2) is 0 Å². The van der Waals surface area contributed by atoms with Crippen molar-refractivity contribution in [1.29, 1.82) is 0 Å². The summed E-state index contributed by atoms with van der Waals surface area (Å²) in [4.78, 5) is 27.3. The molecule has 0 saturated carbocycles. The van der Waals surface area contributed by atoms with Crippen molar-refractivity contribution in [3.8, 4) is 11.5 Å². The highest BCUT2D eigenvalue weighted by atomic mass is 16.5. The summed E-state index contributed by atoms with van der Waals surface area (Å²) in [7, 11) is 3.11. The molecule has 0 bridgehead atoms. The summed E-state index contributed by atoms with van der Waals surface area (Å²) in [5.74, 6) is 1.25. The lowest BCUT2D eigenvalue weighted by Crippen LogP contribution is -2.42. The zero-order chi connectivity index (χ0) is 26.6. The molecule has 0 atom stereocenters. The molecule has 0 aliphatic heterocycles. The predicted molar refractivity (Wildman–Crippen MR) is 147 cm³/mol. The number of benzene rings is 3. The van der Waals surface area contributed by atoms with Crippen molar-refractivity contribution in [3.63, 3.8) is 0 Å². The van der Waals surface area contributed by atoms with Gasteiger partial charge >= 0.3 is 6.03 Å². The van der Waals surface area contributed by atoms with Crippen molar-refractivity contribution in [2.24, 2.45) is 0 Å². The largest absolute Gasteiger partial charge is 0.497 e. The third kappa shape index (κ3) is 8.00. The number of amides is 3. The highest BCUT2D eigenvalue weighted by Gasteiger charge is 2.20. The standard InChI is InChI=1S/C30H37N3O4/c1-22(2)33(30(35)32-27-16-15-25(36-3)21-28(27)37-4)20-18-29(34)31-19-17-26(23-11-7-5-8-12-23)24-13-9-6-10-14-24/h5-16,21-22,26H,17-20H2,1-4H3,(H,31,34)(H,32,35). The van der Waals surface area contributed by atoms with Gasteiger partial charge in [-0.15, -0.1) is 0 Å². The van der Waals surface area contributed by atoms with E-state index in [0.29, 0.717) is 30.3 Å². The summed E-state index contributed by atoms with van der Waals surface area (Å²) in [6.45, 7) is 4.69. The molecule has 3 aromatic carbocycles. The number of carbonyl (C=O) groups is 2. The quantitative estimate of drug-likeness (QED) is 0.334. The minimum atomic E-state index is -0.292. The van der Waals surface area contributed by atoms with Crippen molar-refractivity contribution in [1.82, 2.24) is 10.2 Å². The average molecular weight is 504 g/mol. The van der Waals surface area contributed by atoms with Crippen LogP contribution >= 0.6 is 0 Å². The van der Waals surface area contributed by atoms with Gasteiger partial charge in [0.2, 0.25) is 5.91 Å². The molecule has 7 heteroatoms. The molecule has 0 unspecified atom stereocenters. The number of nitrogens with one attached hydrogen (secondary N) is 2. The van der Waals surface area contributed by atoms with Crippen LogP contribution in [-0.4, -0.2) is 50.2 Å². The first kappa shape index (κ1) is 27.6. The normalized spacial score (nSPS) is 10.8. The van der Waals surface area contributed by atoms with Gasteiger partial charge in [-0.05, 0) is 43.5 Å². The molecule has 0 radical (unpaired) electrons. The number of nitrogens with zero attached hydrogens (tertiary/aromatic N) is 1. The fourth-order valence-corrected chi connectivity index (χ4v) is 4.25. The second-order valence-electron chi connectivity index (χ2n) is 9.05. The van der Waals surface area contributed by atoms with Crippen molar-refractivity contribution in [2.45, 2.75) is 38.6 Å². The molecule has 2 N–H and O–H groups in total. The third-order valence-electron chi connectivity index (χ3n) is 6.27. The zero-order valence-electron chi connectivity index (χ0n) is 22.1. The number of methoxy groups -OCH3 is 2. The van der Waals surface area contributed by atoms with E-state index in [1.54, 1.807) is 30.2 Å². The van der Waals surface area contributed by atoms with E-state index in [0.717, 1.165) is 6.42 Å². The second kappa shape index (κ2) is 13.9. The molecule has 0 aromatic heterocycles. The first-order valence-electron chi connectivity index (χ1n) is 12.6. The molecular formula is C30H37N3O4. The van der Waals surface area contributed by atoms with E-state index in [9.17, 15) is 9.59 Å². The fourth-order valence-electron chi connectivity index (χ4n) is 4.25. The van der Waals surface area contributed by atoms with Gasteiger partial charge < -0.3 is 25.0 Å². The summed E-state index contributed by atoms with van der Waals surface area (Å²) < 4.78 is 10.6. The topological polar surface area (TPSA) is 79.9 Å². The molecule has 0 aliphatic rings. The summed E-state index contributed by atoms with van der Waals surface area (Å²) in [6.07, 6.45) is 0.998. The first-order valence-corrected chi connectivity index (χ1v) is 12.6. The number of hydrogen-bond acceptors (Lipinski definition) is 4. The van der Waals surface area contributed by atoms with Crippen molar-refractivity contribution < 1.29 is 19.1 Å². The predicted octanol–water partition coefficient (Wildman–Crippen LogP) is 5.67. The van der Waals surface area contributed by atoms with Crippen molar-refractivity contribution in [3.05, 3.63) is 90.0 Å². The van der Waals surface area contributed by atoms with Crippen LogP contribution in [0.3, 0.4) is 0 Å². The molecular weight excluding hydrogens is 466 g/mol. The lowest BCUT2D eigenvalue weighted by Gasteiger charge is -2.27. The highest BCUT2D eigenvalue weighted by Crippen LogP contribution is 2.29. The minimum Gasteiger partial charge on any atom is -0.497 e. The maximum atomic E-state index is 13.0. The maximum absolute atomic E-state index is 13.0. The van der Waals surface area contributed by atoms with Gasteiger partial charge in [-0.2, -0.15) is 0 Å². The molecule has 0 spiro atoms. The van der Waals surface area contributed by atoms with Crippen LogP contribution < -0.4 is 20.1 Å². The molecule has 3 rings (SSSR count). The van der Waals surface area contributed by atoms with Crippen LogP contribution in [0.2, 0.25) is 0 Å². The van der Waals surface area contributed by atoms with E-state index in [-0.39, 0.29) is 30.3 Å². The van der Waals surface area contributed by atoms with Crippen LogP contribution in [0.25, 0.3) is 0 Å². The van der Waals surface area contributed by atoms with Gasteiger partial charge in [0.05, 0.1) is 19.9 Å². The summed E-state index contributed by atoms with van der Waals surface area (Å²) in [5, 5.41) is 5.92. The Balaban J connectivity index is 1.55. The van der Waals surface area contributed by atoms with Crippen LogP contribution in [-0.2, 0) is 4.79 Å². The molecule has 3 aromatic rings. The van der Waals surface area contributed by atoms with E-state index in [2.05, 4.69) is 34.9 Å². The van der Waals surface area contributed by atoms with Crippen molar-refractivity contribution >= 4 is 17.6 Å². The average Bonchev–Trinajstić information content (AvgIpc) is 2.92. The Kier molecular flexibility index (Phi) is 10.4. The molecule has 3 amide bonds. The van der Waals surface area contributed by atoms with Crippen LogP contribution in [0.4, 0.5) is 10.5 Å². The zero-order valence-corrected chi connectivity index (χ0v) is 22.1. The number of rotatable bonds is 12. The summed E-state index contributed by atoms with van der Waals surface area (Å²) in [5.41, 5.74) is 2.98. The van der Waals surface area contributed by atoms with E-state index in [4.69, 9.17) is 9.47 Å². The molecule has 0 heterocycles. The Morgan fingerprint density at radius 1 is 0.865 bits per heavy atom. The molecule has 196 valence electrons. The Labute approximate surface area is 219 Å². The lowest BCUT2D eigenvalue weighted by atomic mass is 9.88. The number of hydrogen-bond donors (Lipinski definition) is 2. The Bertz CT molecular complexity index is 1100. The molecule has 0 fully saturated rings. The molecule has 37 heavy (non-hydrogen) atoms. The van der Waals surface area contributed by atoms with Gasteiger partial charge in [0, 0.05) is 37.5 Å². The fraction of sp³-hybridized carbons (Fsp3) is 0.333. The first-order chi connectivity index (χ1) is 17.9. The van der Waals surface area contributed by atoms with Gasteiger partial charge in [0.25, 0.3) is 0 Å². The monoisotopic (exact) mass is 503 g/mol. The van der Waals surface area contributed by atoms with E-state index < -0.39 is 0 Å². The SMILES string of the molecule is COc1ccc(NC(=O)N(CCC(=O)NCCC(c2ccccc2)c2ccccc2)C(C)C)c(OC)c1. The van der Waals surface area contributed by atoms with Crippen molar-refractivity contribution in [2.75, 3.05) is 32.6 Å². The van der Waals surface area contributed by atoms with Crippen LogP contribution in [0.5, 0.6) is 11.5 Å². The Morgan fingerprint density at radius 2 is 1.49 bits per heavy atom. The number of ether oxygens (including phenoxy) is 2. The Hall–Kier alpha value is -4.00. The van der Waals surface area contributed by atoms with Gasteiger partial charge in [-0.3, -0.25) is 4.79 Å². The molecule has 0 aliphatic carbocycles. The van der Waals surface area contributed by atoms with Crippen LogP contribution in [0.1, 0.15) is 43.7 Å². The van der Waals surface area contributed by atoms with E-state index in [1.807, 2.05) is 50.2 Å². The van der Waals surface area contributed by atoms with E-state index in [1.165, 1.54) is 18.2 Å². The third-order valence-corrected chi connectivity index (χ3v) is 6.27. The van der Waals surface area contributed by atoms with Crippen LogP contribution in [0, 0.1) is 0 Å². The highest BCUT2D eigenvalue weighted by molar-refractivity contribution is 5.91. The molecule has 0 saturated heterocycles. The number of anilines is 1. The molecule has 7 nitrogen and oxygen atoms in total. The summed E-state index contributed by atoms with van der Waals surface area (Å²) >= 11 is 0. The Morgan fingerprint density at radius 3 is 2.03 bits per heavy atom. The minimum absolute atomic E-state index is 0.0830.